The fourth-order valence-corrected chi connectivity index (χ4v) is 3.28. The van der Waals surface area contributed by atoms with Gasteiger partial charge in [0.25, 0.3) is 0 Å². The zero-order valence-corrected chi connectivity index (χ0v) is 15.8. The predicted molar refractivity (Wildman–Crippen MR) is 108 cm³/mol. The highest BCUT2D eigenvalue weighted by Gasteiger charge is 2.13. The second kappa shape index (κ2) is 7.89. The number of nitrogens with zero attached hydrogens (tertiary/aromatic N) is 1. The van der Waals surface area contributed by atoms with Crippen LogP contribution in [-0.2, 0) is 4.79 Å². The first-order valence-electron chi connectivity index (χ1n) is 8.79. The largest absolute Gasteiger partial charge is 0.546 e. The summed E-state index contributed by atoms with van der Waals surface area (Å²) < 4.78 is 19.6. The number of pyridine rings is 1. The summed E-state index contributed by atoms with van der Waals surface area (Å²) in [7, 11) is 0. The van der Waals surface area contributed by atoms with Gasteiger partial charge in [0.2, 0.25) is 0 Å². The fraction of sp³-hybridized carbons (Fsp3) is 0.0435. The molecule has 0 saturated carbocycles. The molecule has 0 spiro atoms. The van der Waals surface area contributed by atoms with Crippen molar-refractivity contribution in [2.45, 2.75) is 0 Å². The van der Waals surface area contributed by atoms with Crippen LogP contribution in [-0.4, -0.2) is 17.6 Å². The van der Waals surface area contributed by atoms with Crippen LogP contribution in [0, 0.1) is 5.82 Å². The normalized spacial score (nSPS) is 10.8. The summed E-state index contributed by atoms with van der Waals surface area (Å²) in [5, 5.41) is 11.8. The minimum absolute atomic E-state index is 0.336. The van der Waals surface area contributed by atoms with Gasteiger partial charge in [0.1, 0.15) is 18.2 Å². The average molecular weight is 407 g/mol. The number of benzene rings is 3. The molecular formula is C23H14ClFNO3-. The van der Waals surface area contributed by atoms with Crippen LogP contribution >= 0.6 is 11.6 Å². The smallest absolute Gasteiger partial charge is 0.131 e. The SMILES string of the molecule is O=C([O-])COc1ccc(-c2cc(-c3ccccc3F)c3cc(Cl)ccc3n2)cc1. The molecule has 0 aliphatic heterocycles. The Kier molecular flexibility index (Phi) is 5.14. The number of carbonyl (C=O) groups excluding carboxylic acids is 1. The first kappa shape index (κ1) is 18.9. The third-order valence-electron chi connectivity index (χ3n) is 4.44. The van der Waals surface area contributed by atoms with Crippen LogP contribution < -0.4 is 9.84 Å². The lowest BCUT2D eigenvalue weighted by Crippen LogP contribution is -2.28. The lowest BCUT2D eigenvalue weighted by atomic mass is 9.98. The lowest BCUT2D eigenvalue weighted by molar-refractivity contribution is -0.307. The highest BCUT2D eigenvalue weighted by atomic mass is 35.5. The minimum atomic E-state index is -1.29. The number of rotatable bonds is 5. The van der Waals surface area contributed by atoms with Crippen LogP contribution in [0.2, 0.25) is 5.02 Å². The van der Waals surface area contributed by atoms with Crippen molar-refractivity contribution < 1.29 is 19.0 Å². The molecule has 0 aliphatic rings. The Morgan fingerprint density at radius 2 is 1.76 bits per heavy atom. The van der Waals surface area contributed by atoms with E-state index >= 15 is 0 Å². The number of carboxylic acid groups (broad SMARTS) is 1. The highest BCUT2D eigenvalue weighted by molar-refractivity contribution is 6.31. The van der Waals surface area contributed by atoms with Crippen molar-refractivity contribution in [1.82, 2.24) is 4.98 Å². The Hall–Kier alpha value is -3.44. The molecule has 0 saturated heterocycles. The third kappa shape index (κ3) is 4.05. The van der Waals surface area contributed by atoms with E-state index < -0.39 is 12.6 Å². The standard InChI is InChI=1S/C23H15ClFNO3/c24-15-7-10-21-19(11-15)18(17-3-1-2-4-20(17)25)12-22(26-21)14-5-8-16(9-6-14)29-13-23(27)28/h1-12H,13H2,(H,27,28)/p-1. The molecule has 4 nitrogen and oxygen atoms in total. The zero-order valence-electron chi connectivity index (χ0n) is 15.1. The Labute approximate surface area is 171 Å². The molecule has 0 radical (unpaired) electrons. The Bertz CT molecular complexity index is 1210. The van der Waals surface area contributed by atoms with Gasteiger partial charge in [0.15, 0.2) is 0 Å². The van der Waals surface area contributed by atoms with E-state index in [0.717, 1.165) is 10.9 Å². The molecule has 1 heterocycles. The van der Waals surface area contributed by atoms with Gasteiger partial charge >= 0.3 is 0 Å². The summed E-state index contributed by atoms with van der Waals surface area (Å²) in [6, 6.07) is 20.5. The average Bonchev–Trinajstić information content (AvgIpc) is 2.72. The molecule has 144 valence electrons. The van der Waals surface area contributed by atoms with E-state index in [1.54, 1.807) is 60.7 Å². The van der Waals surface area contributed by atoms with E-state index in [2.05, 4.69) is 4.98 Å². The predicted octanol–water partition coefficient (Wildman–Crippen LogP) is 4.49. The van der Waals surface area contributed by atoms with Crippen molar-refractivity contribution in [3.05, 3.63) is 83.6 Å². The summed E-state index contributed by atoms with van der Waals surface area (Å²) in [5.74, 6) is -1.23. The molecular weight excluding hydrogens is 393 g/mol. The van der Waals surface area contributed by atoms with Crippen LogP contribution in [0.5, 0.6) is 5.75 Å². The number of aromatic nitrogens is 1. The van der Waals surface area contributed by atoms with Gasteiger partial charge in [0.05, 0.1) is 17.2 Å². The molecule has 6 heteroatoms. The topological polar surface area (TPSA) is 62.2 Å². The Morgan fingerprint density at radius 1 is 1.00 bits per heavy atom. The summed E-state index contributed by atoms with van der Waals surface area (Å²) in [5.41, 5.74) is 3.24. The van der Waals surface area contributed by atoms with Gasteiger partial charge in [-0.1, -0.05) is 29.8 Å². The van der Waals surface area contributed by atoms with Crippen molar-refractivity contribution in [2.75, 3.05) is 6.61 Å². The monoisotopic (exact) mass is 406 g/mol. The number of carboxylic acids is 1. The molecule has 1 aromatic heterocycles. The maximum atomic E-state index is 14.5. The van der Waals surface area contributed by atoms with E-state index in [-0.39, 0.29) is 5.82 Å². The van der Waals surface area contributed by atoms with Gasteiger partial charge in [-0.25, -0.2) is 9.37 Å². The van der Waals surface area contributed by atoms with E-state index in [0.29, 0.717) is 33.1 Å². The number of carbonyl (C=O) groups is 1. The second-order valence-corrected chi connectivity index (χ2v) is 6.82. The molecule has 0 fully saturated rings. The van der Waals surface area contributed by atoms with Crippen LogP contribution in [0.15, 0.2) is 72.8 Å². The Balaban J connectivity index is 1.83. The molecule has 0 unspecified atom stereocenters. The minimum Gasteiger partial charge on any atom is -0.546 e. The third-order valence-corrected chi connectivity index (χ3v) is 4.68. The number of hydrogen-bond donors (Lipinski definition) is 0. The molecule has 0 atom stereocenters. The van der Waals surface area contributed by atoms with E-state index in [1.165, 1.54) is 6.07 Å². The number of fused-ring (bicyclic) bond motifs is 1. The Morgan fingerprint density at radius 3 is 2.48 bits per heavy atom. The van der Waals surface area contributed by atoms with Crippen LogP contribution in [0.25, 0.3) is 33.3 Å². The van der Waals surface area contributed by atoms with E-state index in [9.17, 15) is 14.3 Å². The van der Waals surface area contributed by atoms with Gasteiger partial charge in [-0.3, -0.25) is 0 Å². The maximum Gasteiger partial charge on any atom is 0.131 e. The first-order valence-corrected chi connectivity index (χ1v) is 9.17. The highest BCUT2D eigenvalue weighted by Crippen LogP contribution is 2.35. The molecule has 29 heavy (non-hydrogen) atoms. The molecule has 0 N–H and O–H groups in total. The quantitative estimate of drug-likeness (QED) is 0.490. The van der Waals surface area contributed by atoms with Crippen LogP contribution in [0.4, 0.5) is 4.39 Å². The lowest BCUT2D eigenvalue weighted by Gasteiger charge is -2.12. The maximum absolute atomic E-state index is 14.5. The van der Waals surface area contributed by atoms with Crippen molar-refractivity contribution in [2.24, 2.45) is 0 Å². The fourth-order valence-electron chi connectivity index (χ4n) is 3.11. The van der Waals surface area contributed by atoms with Crippen molar-refractivity contribution in [3.8, 4) is 28.1 Å². The molecule has 4 rings (SSSR count). The molecule has 3 aromatic carbocycles. The van der Waals surface area contributed by atoms with Crippen LogP contribution in [0.1, 0.15) is 0 Å². The van der Waals surface area contributed by atoms with Crippen molar-refractivity contribution >= 4 is 28.5 Å². The van der Waals surface area contributed by atoms with Gasteiger partial charge in [-0.05, 0) is 60.2 Å². The van der Waals surface area contributed by atoms with Gasteiger partial charge in [0, 0.05) is 21.5 Å². The molecule has 0 amide bonds. The van der Waals surface area contributed by atoms with Crippen molar-refractivity contribution in [1.29, 1.82) is 0 Å². The second-order valence-electron chi connectivity index (χ2n) is 6.38. The summed E-state index contributed by atoms with van der Waals surface area (Å²) >= 11 is 6.16. The summed E-state index contributed by atoms with van der Waals surface area (Å²) in [6.45, 7) is -0.522. The number of aliphatic carboxylic acids is 1. The van der Waals surface area contributed by atoms with Crippen molar-refractivity contribution in [3.63, 3.8) is 0 Å². The molecule has 0 bridgehead atoms. The van der Waals surface area contributed by atoms with Gasteiger partial charge in [-0.2, -0.15) is 0 Å². The van der Waals surface area contributed by atoms with Gasteiger partial charge < -0.3 is 14.6 Å². The summed E-state index contributed by atoms with van der Waals surface area (Å²) in [4.78, 5) is 15.2. The first-order chi connectivity index (χ1) is 14.0. The number of halogens is 2. The van der Waals surface area contributed by atoms with E-state index in [1.807, 2.05) is 6.07 Å². The zero-order chi connectivity index (χ0) is 20.4. The molecule has 4 aromatic rings. The number of ether oxygens (including phenoxy) is 1. The van der Waals surface area contributed by atoms with Crippen LogP contribution in [0.3, 0.4) is 0 Å². The van der Waals surface area contributed by atoms with E-state index in [4.69, 9.17) is 16.3 Å². The molecule has 0 aliphatic carbocycles. The summed E-state index contributed by atoms with van der Waals surface area (Å²) in [6.07, 6.45) is 0. The van der Waals surface area contributed by atoms with Gasteiger partial charge in [-0.15, -0.1) is 0 Å². The number of hydrogen-bond acceptors (Lipinski definition) is 4.